The molecule has 3 aromatic rings. The van der Waals surface area contributed by atoms with Gasteiger partial charge in [-0.2, -0.15) is 0 Å². The Morgan fingerprint density at radius 3 is 2.91 bits per heavy atom. The van der Waals surface area contributed by atoms with Crippen LogP contribution in [0.5, 0.6) is 0 Å². The fraction of sp³-hybridized carbons (Fsp3) is 0.222. The molecule has 0 spiro atoms. The average Bonchev–Trinajstić information content (AvgIpc) is 3.10. The Bertz CT molecular complexity index is 882. The molecular formula is C18H16N2OS. The van der Waals surface area contributed by atoms with E-state index in [0.29, 0.717) is 0 Å². The van der Waals surface area contributed by atoms with Gasteiger partial charge in [-0.1, -0.05) is 6.07 Å². The van der Waals surface area contributed by atoms with E-state index >= 15 is 0 Å². The number of nitrogens with one attached hydrogen (secondary N) is 1. The number of amides is 1. The summed E-state index contributed by atoms with van der Waals surface area (Å²) in [5.41, 5.74) is 5.25. The van der Waals surface area contributed by atoms with Gasteiger partial charge in [0.25, 0.3) is 5.91 Å². The third-order valence-corrected chi connectivity index (χ3v) is 5.05. The van der Waals surface area contributed by atoms with Gasteiger partial charge < -0.3 is 5.32 Å². The Labute approximate surface area is 133 Å². The summed E-state index contributed by atoms with van der Waals surface area (Å²) in [5, 5.41) is 4.03. The molecule has 4 rings (SSSR count). The fourth-order valence-corrected chi connectivity index (χ4v) is 3.90. The summed E-state index contributed by atoms with van der Waals surface area (Å²) in [6.07, 6.45) is 3.42. The molecule has 1 N–H and O–H groups in total. The van der Waals surface area contributed by atoms with Crippen molar-refractivity contribution >= 4 is 33.1 Å². The van der Waals surface area contributed by atoms with E-state index in [9.17, 15) is 4.79 Å². The lowest BCUT2D eigenvalue weighted by Crippen LogP contribution is -2.12. The smallest absolute Gasteiger partial charge is 0.255 e. The van der Waals surface area contributed by atoms with Crippen molar-refractivity contribution in [1.29, 1.82) is 0 Å². The lowest BCUT2D eigenvalue weighted by atomic mass is 10.1. The lowest BCUT2D eigenvalue weighted by Gasteiger charge is -2.07. The number of aromatic nitrogens is 1. The minimum Gasteiger partial charge on any atom is -0.322 e. The van der Waals surface area contributed by atoms with Crippen LogP contribution < -0.4 is 5.32 Å². The number of thiazole rings is 1. The summed E-state index contributed by atoms with van der Waals surface area (Å²) >= 11 is 1.64. The second kappa shape index (κ2) is 5.21. The molecule has 0 atom stereocenters. The average molecular weight is 308 g/mol. The molecule has 0 bridgehead atoms. The van der Waals surface area contributed by atoms with Crippen molar-refractivity contribution in [2.45, 2.75) is 26.2 Å². The zero-order chi connectivity index (χ0) is 15.1. The third kappa shape index (κ3) is 2.40. The Kier molecular flexibility index (Phi) is 3.19. The highest BCUT2D eigenvalue weighted by molar-refractivity contribution is 7.18. The fourth-order valence-electron chi connectivity index (χ4n) is 3.03. The van der Waals surface area contributed by atoms with Crippen molar-refractivity contribution in [1.82, 2.24) is 4.98 Å². The largest absolute Gasteiger partial charge is 0.322 e. The summed E-state index contributed by atoms with van der Waals surface area (Å²) in [7, 11) is 0. The molecule has 110 valence electrons. The summed E-state index contributed by atoms with van der Waals surface area (Å²) in [6.45, 7) is 1.99. The minimum absolute atomic E-state index is 0.0460. The first-order chi connectivity index (χ1) is 10.7. The van der Waals surface area contributed by atoms with Crippen molar-refractivity contribution in [3.05, 3.63) is 58.1 Å². The van der Waals surface area contributed by atoms with Crippen molar-refractivity contribution in [2.75, 3.05) is 5.32 Å². The van der Waals surface area contributed by atoms with Gasteiger partial charge in [0.1, 0.15) is 0 Å². The standard InChI is InChI=1S/C18H16N2OS/c1-11-19-16-8-7-15(10-17(16)22-11)20-18(21)14-6-5-12-3-2-4-13(12)9-14/h5-10H,2-4H2,1H3,(H,20,21). The highest BCUT2D eigenvalue weighted by Crippen LogP contribution is 2.26. The van der Waals surface area contributed by atoms with Gasteiger partial charge in [-0.3, -0.25) is 4.79 Å². The zero-order valence-electron chi connectivity index (χ0n) is 12.3. The summed E-state index contributed by atoms with van der Waals surface area (Å²) in [6, 6.07) is 11.9. The molecule has 22 heavy (non-hydrogen) atoms. The first-order valence-corrected chi connectivity index (χ1v) is 8.31. The molecule has 0 saturated heterocycles. The second-order valence-corrected chi connectivity index (χ2v) is 6.94. The highest BCUT2D eigenvalue weighted by Gasteiger charge is 2.14. The Morgan fingerprint density at radius 2 is 2.00 bits per heavy atom. The molecule has 1 heterocycles. The van der Waals surface area contributed by atoms with Crippen molar-refractivity contribution in [3.63, 3.8) is 0 Å². The molecule has 4 heteroatoms. The van der Waals surface area contributed by atoms with Crippen LogP contribution in [0.1, 0.15) is 32.9 Å². The Hall–Kier alpha value is -2.20. The van der Waals surface area contributed by atoms with Gasteiger partial charge >= 0.3 is 0 Å². The van der Waals surface area contributed by atoms with Crippen LogP contribution in [-0.4, -0.2) is 10.9 Å². The number of fused-ring (bicyclic) bond motifs is 2. The topological polar surface area (TPSA) is 42.0 Å². The maximum Gasteiger partial charge on any atom is 0.255 e. The molecule has 1 aliphatic rings. The quantitative estimate of drug-likeness (QED) is 0.765. The van der Waals surface area contributed by atoms with E-state index in [1.165, 1.54) is 17.5 Å². The van der Waals surface area contributed by atoms with E-state index in [4.69, 9.17) is 0 Å². The summed E-state index contributed by atoms with van der Waals surface area (Å²) in [5.74, 6) is -0.0460. The molecule has 0 fully saturated rings. The van der Waals surface area contributed by atoms with Gasteiger partial charge in [0, 0.05) is 11.3 Å². The molecule has 0 radical (unpaired) electrons. The molecule has 0 saturated carbocycles. The molecular weight excluding hydrogens is 292 g/mol. The van der Waals surface area contributed by atoms with Gasteiger partial charge in [0.2, 0.25) is 0 Å². The number of hydrogen-bond donors (Lipinski definition) is 1. The van der Waals surface area contributed by atoms with Crippen LogP contribution in [-0.2, 0) is 12.8 Å². The molecule has 0 unspecified atom stereocenters. The van der Waals surface area contributed by atoms with Crippen LogP contribution >= 0.6 is 11.3 Å². The van der Waals surface area contributed by atoms with Crippen molar-refractivity contribution in [3.8, 4) is 0 Å². The second-order valence-electron chi connectivity index (χ2n) is 5.71. The van der Waals surface area contributed by atoms with E-state index in [1.54, 1.807) is 11.3 Å². The molecule has 0 aliphatic heterocycles. The van der Waals surface area contributed by atoms with Gasteiger partial charge in [0.15, 0.2) is 0 Å². The Morgan fingerprint density at radius 1 is 1.14 bits per heavy atom. The number of nitrogens with zero attached hydrogens (tertiary/aromatic N) is 1. The first kappa shape index (κ1) is 13.5. The van der Waals surface area contributed by atoms with Crippen molar-refractivity contribution in [2.24, 2.45) is 0 Å². The number of carbonyl (C=O) groups is 1. The maximum absolute atomic E-state index is 12.4. The number of benzene rings is 2. The highest BCUT2D eigenvalue weighted by atomic mass is 32.1. The van der Waals surface area contributed by atoms with Crippen LogP contribution in [0.2, 0.25) is 0 Å². The number of hydrogen-bond acceptors (Lipinski definition) is 3. The predicted molar refractivity (Wildman–Crippen MR) is 90.8 cm³/mol. The van der Waals surface area contributed by atoms with E-state index in [0.717, 1.165) is 39.3 Å². The van der Waals surface area contributed by atoms with E-state index < -0.39 is 0 Å². The lowest BCUT2D eigenvalue weighted by molar-refractivity contribution is 0.102. The molecule has 1 aromatic heterocycles. The number of rotatable bonds is 2. The van der Waals surface area contributed by atoms with E-state index in [2.05, 4.69) is 16.4 Å². The van der Waals surface area contributed by atoms with Gasteiger partial charge in [-0.15, -0.1) is 11.3 Å². The van der Waals surface area contributed by atoms with Crippen LogP contribution in [0.4, 0.5) is 5.69 Å². The zero-order valence-corrected chi connectivity index (χ0v) is 13.2. The molecule has 1 aliphatic carbocycles. The molecule has 2 aromatic carbocycles. The van der Waals surface area contributed by atoms with Crippen LogP contribution in [0, 0.1) is 6.92 Å². The predicted octanol–water partition coefficient (Wildman–Crippen LogP) is 4.35. The van der Waals surface area contributed by atoms with Crippen LogP contribution in [0.15, 0.2) is 36.4 Å². The maximum atomic E-state index is 12.4. The van der Waals surface area contributed by atoms with Crippen molar-refractivity contribution < 1.29 is 4.79 Å². The Balaban J connectivity index is 1.59. The third-order valence-electron chi connectivity index (χ3n) is 4.11. The normalized spacial score (nSPS) is 13.3. The molecule has 1 amide bonds. The number of carbonyl (C=O) groups excluding carboxylic acids is 1. The van der Waals surface area contributed by atoms with Crippen LogP contribution in [0.3, 0.4) is 0 Å². The van der Waals surface area contributed by atoms with Gasteiger partial charge in [-0.25, -0.2) is 4.98 Å². The molecule has 3 nitrogen and oxygen atoms in total. The van der Waals surface area contributed by atoms with Gasteiger partial charge in [-0.05, 0) is 67.6 Å². The summed E-state index contributed by atoms with van der Waals surface area (Å²) in [4.78, 5) is 16.9. The summed E-state index contributed by atoms with van der Waals surface area (Å²) < 4.78 is 1.10. The van der Waals surface area contributed by atoms with E-state index in [1.807, 2.05) is 37.3 Å². The van der Waals surface area contributed by atoms with Crippen LogP contribution in [0.25, 0.3) is 10.2 Å². The minimum atomic E-state index is -0.0460. The monoisotopic (exact) mass is 308 g/mol. The van der Waals surface area contributed by atoms with E-state index in [-0.39, 0.29) is 5.91 Å². The first-order valence-electron chi connectivity index (χ1n) is 7.49. The number of anilines is 1. The van der Waals surface area contributed by atoms with Gasteiger partial charge in [0.05, 0.1) is 15.2 Å². The SMILES string of the molecule is Cc1nc2ccc(NC(=O)c3ccc4c(c3)CCC4)cc2s1. The number of aryl methyl sites for hydroxylation is 3.